The van der Waals surface area contributed by atoms with Crippen molar-refractivity contribution in [2.24, 2.45) is 0 Å². The van der Waals surface area contributed by atoms with Gasteiger partial charge in [0.25, 0.3) is 5.91 Å². The van der Waals surface area contributed by atoms with E-state index >= 15 is 0 Å². The van der Waals surface area contributed by atoms with Crippen LogP contribution in [0.15, 0.2) is 59.0 Å². The number of urea groups is 1. The Morgan fingerprint density at radius 1 is 1.00 bits per heavy atom. The zero-order chi connectivity index (χ0) is 19.5. The molecule has 2 aliphatic heterocycles. The summed E-state index contributed by atoms with van der Waals surface area (Å²) < 4.78 is 5.99. The van der Waals surface area contributed by atoms with Crippen LogP contribution < -0.4 is 16.0 Å². The fourth-order valence-electron chi connectivity index (χ4n) is 3.29. The molecule has 142 valence electrons. The van der Waals surface area contributed by atoms with Gasteiger partial charge >= 0.3 is 6.03 Å². The second-order valence-electron chi connectivity index (χ2n) is 6.62. The second kappa shape index (κ2) is 7.56. The minimum atomic E-state index is -0.810. The largest absolute Gasteiger partial charge is 0.456 e. The van der Waals surface area contributed by atoms with Crippen molar-refractivity contribution in [2.45, 2.75) is 18.9 Å². The number of fused-ring (bicyclic) bond motifs is 1. The molecule has 3 N–H and O–H groups in total. The maximum absolute atomic E-state index is 12.1. The van der Waals surface area contributed by atoms with Gasteiger partial charge in [-0.25, -0.2) is 4.79 Å². The number of hydrogen-bond donors (Lipinski definition) is 3. The van der Waals surface area contributed by atoms with Crippen molar-refractivity contribution in [1.82, 2.24) is 16.0 Å². The Morgan fingerprint density at radius 3 is 2.68 bits per heavy atom. The van der Waals surface area contributed by atoms with E-state index < -0.39 is 18.0 Å². The number of amides is 4. The van der Waals surface area contributed by atoms with E-state index in [1.165, 1.54) is 0 Å². The van der Waals surface area contributed by atoms with Crippen LogP contribution in [0.5, 0.6) is 0 Å². The zero-order valence-corrected chi connectivity index (χ0v) is 15.0. The van der Waals surface area contributed by atoms with Crippen molar-refractivity contribution in [3.63, 3.8) is 0 Å². The zero-order valence-electron chi connectivity index (χ0n) is 15.0. The Kier molecular flexibility index (Phi) is 4.80. The van der Waals surface area contributed by atoms with Gasteiger partial charge in [0, 0.05) is 17.7 Å². The van der Waals surface area contributed by atoms with Crippen LogP contribution >= 0.6 is 0 Å². The van der Waals surface area contributed by atoms with Gasteiger partial charge in [0.05, 0.1) is 6.42 Å². The summed E-state index contributed by atoms with van der Waals surface area (Å²) in [5, 5.41) is 7.32. The molecule has 7 nitrogen and oxygen atoms in total. The predicted molar refractivity (Wildman–Crippen MR) is 103 cm³/mol. The van der Waals surface area contributed by atoms with E-state index in [0.29, 0.717) is 13.0 Å². The van der Waals surface area contributed by atoms with Gasteiger partial charge in [0.1, 0.15) is 17.6 Å². The predicted octanol–water partition coefficient (Wildman–Crippen LogP) is 2.31. The summed E-state index contributed by atoms with van der Waals surface area (Å²) in [6.45, 7) is 0.413. The van der Waals surface area contributed by atoms with E-state index in [2.05, 4.69) is 16.0 Å². The lowest BCUT2D eigenvalue weighted by Gasteiger charge is -2.12. The summed E-state index contributed by atoms with van der Waals surface area (Å²) in [5.41, 5.74) is 3.07. The average Bonchev–Trinajstić information content (AvgIpc) is 3.27. The third-order valence-electron chi connectivity index (χ3n) is 4.69. The van der Waals surface area contributed by atoms with E-state index in [1.807, 2.05) is 54.6 Å². The normalized spacial score (nSPS) is 16.1. The molecule has 1 aromatic rings. The number of rotatable bonds is 6. The van der Waals surface area contributed by atoms with E-state index in [4.69, 9.17) is 4.42 Å². The molecule has 1 unspecified atom stereocenters. The maximum Gasteiger partial charge on any atom is 0.322 e. The average molecular weight is 377 g/mol. The number of imide groups is 1. The lowest BCUT2D eigenvalue weighted by Crippen LogP contribution is -2.36. The fraction of sp³-hybridized carbons (Fsp3) is 0.190. The van der Waals surface area contributed by atoms with Gasteiger partial charge in [0.2, 0.25) is 5.91 Å². The second-order valence-corrected chi connectivity index (χ2v) is 6.62. The summed E-state index contributed by atoms with van der Waals surface area (Å²) in [4.78, 5) is 34.7. The monoisotopic (exact) mass is 377 g/mol. The summed E-state index contributed by atoms with van der Waals surface area (Å²) in [6, 6.07) is 16.3. The first-order valence-electron chi connectivity index (χ1n) is 9.05. The number of benzene rings is 1. The van der Waals surface area contributed by atoms with Crippen LogP contribution in [0, 0.1) is 0 Å². The van der Waals surface area contributed by atoms with Gasteiger partial charge < -0.3 is 15.1 Å². The first-order chi connectivity index (χ1) is 13.6. The van der Waals surface area contributed by atoms with E-state index in [9.17, 15) is 14.4 Å². The number of carbonyl (C=O) groups excluding carboxylic acids is 3. The molecule has 28 heavy (non-hydrogen) atoms. The first kappa shape index (κ1) is 17.8. The van der Waals surface area contributed by atoms with Gasteiger partial charge in [-0.3, -0.25) is 14.9 Å². The number of carbonyl (C=O) groups is 3. The maximum atomic E-state index is 12.1. The molecule has 0 radical (unpaired) electrons. The summed E-state index contributed by atoms with van der Waals surface area (Å²) in [5.74, 6) is 0.834. The van der Waals surface area contributed by atoms with Gasteiger partial charge in [-0.15, -0.1) is 0 Å². The standard InChI is InChI=1S/C21H19N3O4/c25-19(12-16-20(26)24-21(27)23-16)22-11-10-13-4-1-2-6-15(13)18-9-8-14-5-3-7-17(14)28-18/h1-9,16H,10-12H2,(H,22,25)(H2,23,24,26,27). The van der Waals surface area contributed by atoms with Crippen LogP contribution in [0.2, 0.25) is 0 Å². The van der Waals surface area contributed by atoms with Crippen molar-refractivity contribution in [2.75, 3.05) is 6.54 Å². The van der Waals surface area contributed by atoms with Crippen LogP contribution in [-0.4, -0.2) is 30.4 Å². The van der Waals surface area contributed by atoms with Crippen molar-refractivity contribution in [3.05, 3.63) is 60.2 Å². The molecule has 1 fully saturated rings. The van der Waals surface area contributed by atoms with Crippen LogP contribution in [0.4, 0.5) is 4.79 Å². The Morgan fingerprint density at radius 2 is 1.86 bits per heavy atom. The molecule has 3 aliphatic rings. The van der Waals surface area contributed by atoms with Gasteiger partial charge in [0.15, 0.2) is 0 Å². The Bertz CT molecular complexity index is 1010. The molecule has 2 heterocycles. The third kappa shape index (κ3) is 3.73. The van der Waals surface area contributed by atoms with Crippen LogP contribution in [0.1, 0.15) is 12.0 Å². The summed E-state index contributed by atoms with van der Waals surface area (Å²) in [7, 11) is 0. The number of nitrogens with one attached hydrogen (secondary N) is 3. The van der Waals surface area contributed by atoms with Crippen molar-refractivity contribution in [1.29, 1.82) is 0 Å². The highest BCUT2D eigenvalue weighted by atomic mass is 16.3. The SMILES string of the molecule is O=C(CC1NC(=O)NC1=O)NCCc1ccccc1-c1ccc2cccc-2o1. The number of hydrogen-bond acceptors (Lipinski definition) is 4. The highest BCUT2D eigenvalue weighted by Crippen LogP contribution is 2.31. The third-order valence-corrected chi connectivity index (χ3v) is 4.69. The lowest BCUT2D eigenvalue weighted by molar-refractivity contribution is -0.126. The molecule has 0 spiro atoms. The van der Waals surface area contributed by atoms with Crippen LogP contribution in [0.3, 0.4) is 0 Å². The minimum Gasteiger partial charge on any atom is -0.456 e. The molecule has 0 bridgehead atoms. The smallest absolute Gasteiger partial charge is 0.322 e. The van der Waals surface area contributed by atoms with Crippen molar-refractivity contribution in [3.8, 4) is 22.6 Å². The Labute approximate surface area is 161 Å². The summed E-state index contributed by atoms with van der Waals surface area (Å²) >= 11 is 0. The molecule has 1 atom stereocenters. The molecule has 7 heteroatoms. The van der Waals surface area contributed by atoms with Gasteiger partial charge in [-0.05, 0) is 30.2 Å². The molecule has 4 rings (SSSR count). The molecule has 1 aliphatic carbocycles. The topological polar surface area (TPSA) is 100 Å². The van der Waals surface area contributed by atoms with Gasteiger partial charge in [-0.1, -0.05) is 36.4 Å². The molecule has 1 saturated heterocycles. The molecule has 0 saturated carbocycles. The molecule has 0 aromatic heterocycles. The fourth-order valence-corrected chi connectivity index (χ4v) is 3.29. The van der Waals surface area contributed by atoms with Gasteiger partial charge in [-0.2, -0.15) is 0 Å². The summed E-state index contributed by atoms with van der Waals surface area (Å²) in [6.07, 6.45) is 0.530. The highest BCUT2D eigenvalue weighted by Gasteiger charge is 2.31. The van der Waals surface area contributed by atoms with Crippen LogP contribution in [0.25, 0.3) is 22.6 Å². The van der Waals surface area contributed by atoms with E-state index in [-0.39, 0.29) is 12.3 Å². The van der Waals surface area contributed by atoms with E-state index in [1.54, 1.807) is 0 Å². The lowest BCUT2D eigenvalue weighted by atomic mass is 10.0. The highest BCUT2D eigenvalue weighted by molar-refractivity contribution is 6.05. The Balaban J connectivity index is 1.39. The quantitative estimate of drug-likeness (QED) is 0.574. The van der Waals surface area contributed by atoms with Crippen molar-refractivity contribution < 1.29 is 18.8 Å². The first-order valence-corrected chi connectivity index (χ1v) is 9.05. The van der Waals surface area contributed by atoms with Crippen LogP contribution in [-0.2, 0) is 16.0 Å². The van der Waals surface area contributed by atoms with E-state index in [0.717, 1.165) is 28.2 Å². The minimum absolute atomic E-state index is 0.0811. The van der Waals surface area contributed by atoms with Crippen molar-refractivity contribution >= 4 is 17.8 Å². The molecule has 4 amide bonds. The Hall–Kier alpha value is -3.61. The molecular formula is C21H19N3O4. The molecular weight excluding hydrogens is 358 g/mol. The molecule has 1 aromatic carbocycles.